The van der Waals surface area contributed by atoms with Crippen LogP contribution in [0, 0.1) is 6.92 Å². The predicted molar refractivity (Wildman–Crippen MR) is 98.1 cm³/mol. The summed E-state index contributed by atoms with van der Waals surface area (Å²) in [6.45, 7) is 3.89. The zero-order valence-corrected chi connectivity index (χ0v) is 16.9. The quantitative estimate of drug-likeness (QED) is 0.212. The molecule has 0 aliphatic rings. The minimum absolute atomic E-state index is 1.12. The van der Waals surface area contributed by atoms with Gasteiger partial charge in [0.15, 0.2) is 0 Å². The van der Waals surface area contributed by atoms with E-state index < -0.39 is 13.3 Å². The number of hydrogen-bond donors (Lipinski definition) is 0. The van der Waals surface area contributed by atoms with Gasteiger partial charge in [-0.05, 0) is 0 Å². The van der Waals surface area contributed by atoms with Crippen LogP contribution in [0.25, 0.3) is 0 Å². The normalized spacial score (nSPS) is 12.0. The van der Waals surface area contributed by atoms with E-state index in [1.54, 1.807) is 5.25 Å². The Hall–Kier alpha value is 0.543. The molecule has 0 saturated heterocycles. The average molecular weight is 342 g/mol. The van der Waals surface area contributed by atoms with E-state index in [1.807, 2.05) is 0 Å². The molecule has 0 saturated carbocycles. The maximum atomic E-state index is 3.89. The average Bonchev–Trinajstić information content (AvgIpc) is 2.38. The molecule has 1 heteroatoms. The molecule has 0 rings (SSSR count). The van der Waals surface area contributed by atoms with Crippen molar-refractivity contribution < 1.29 is 0 Å². The number of hydrogen-bond acceptors (Lipinski definition) is 0. The molecule has 1 radical (unpaired) electrons. The predicted octanol–water partition coefficient (Wildman–Crippen LogP) is 7.62. The summed E-state index contributed by atoms with van der Waals surface area (Å²) in [5.41, 5.74) is 0. The van der Waals surface area contributed by atoms with Gasteiger partial charge in [-0.2, -0.15) is 0 Å². The van der Waals surface area contributed by atoms with Crippen LogP contribution >= 0.6 is 0 Å². The van der Waals surface area contributed by atoms with Crippen molar-refractivity contribution in [2.75, 3.05) is 0 Å². The molecule has 0 amide bonds. The Kier molecular flexibility index (Phi) is 14.9. The summed E-state index contributed by atoms with van der Waals surface area (Å²) in [6.07, 6.45) is 20.1. The Morgan fingerprint density at radius 2 is 0.800 bits per heavy atom. The Bertz CT molecular complexity index is 181. The molecular formula is C19H41Ge. The molecule has 0 bridgehead atoms. The van der Waals surface area contributed by atoms with E-state index in [-0.39, 0.29) is 0 Å². The first-order chi connectivity index (χ1) is 9.56. The molecule has 0 unspecified atom stereocenters. The van der Waals surface area contributed by atoms with Crippen molar-refractivity contribution in [2.45, 2.75) is 112 Å². The molecule has 0 N–H and O–H groups in total. The van der Waals surface area contributed by atoms with Crippen LogP contribution in [0.5, 0.6) is 0 Å². The molecule has 0 aliphatic carbocycles. The Balaban J connectivity index is 2.99. The first kappa shape index (κ1) is 20.5. The standard InChI is InChI=1S/C19H41Ge/c1-5-6-7-8-9-10-11-12-13-14-15-16-17-18-19-20(2,3)4/h1,5-19H2,2-4H3. The van der Waals surface area contributed by atoms with Gasteiger partial charge >= 0.3 is 106 Å². The van der Waals surface area contributed by atoms with Crippen molar-refractivity contribution in [3.05, 3.63) is 6.92 Å². The second kappa shape index (κ2) is 14.5. The zero-order valence-electron chi connectivity index (χ0n) is 14.8. The molecule has 0 nitrogen and oxygen atoms in total. The van der Waals surface area contributed by atoms with Gasteiger partial charge in [0.1, 0.15) is 0 Å². The van der Waals surface area contributed by atoms with E-state index in [1.165, 1.54) is 83.5 Å². The van der Waals surface area contributed by atoms with Gasteiger partial charge in [0.25, 0.3) is 0 Å². The van der Waals surface area contributed by atoms with E-state index in [2.05, 4.69) is 24.2 Å². The van der Waals surface area contributed by atoms with Gasteiger partial charge in [-0.1, -0.05) is 26.2 Å². The van der Waals surface area contributed by atoms with Crippen LogP contribution in [0.15, 0.2) is 0 Å². The maximum absolute atomic E-state index is 3.89. The van der Waals surface area contributed by atoms with E-state index in [0.29, 0.717) is 0 Å². The number of unbranched alkanes of at least 4 members (excludes halogenated alkanes) is 13. The number of rotatable bonds is 15. The van der Waals surface area contributed by atoms with Crippen LogP contribution in [0.4, 0.5) is 0 Å². The topological polar surface area (TPSA) is 0 Å². The van der Waals surface area contributed by atoms with Crippen molar-refractivity contribution in [1.82, 2.24) is 0 Å². The Morgan fingerprint density at radius 1 is 0.500 bits per heavy atom. The fourth-order valence-corrected chi connectivity index (χ4v) is 5.53. The van der Waals surface area contributed by atoms with E-state index in [4.69, 9.17) is 0 Å². The Morgan fingerprint density at radius 3 is 1.10 bits per heavy atom. The molecule has 20 heavy (non-hydrogen) atoms. The van der Waals surface area contributed by atoms with Gasteiger partial charge in [-0.3, -0.25) is 0 Å². The fraction of sp³-hybridized carbons (Fsp3) is 0.947. The third kappa shape index (κ3) is 18.5. The van der Waals surface area contributed by atoms with Gasteiger partial charge in [0, 0.05) is 0 Å². The molecule has 0 aromatic carbocycles. The summed E-state index contributed by atoms with van der Waals surface area (Å²) in [7, 11) is 0. The summed E-state index contributed by atoms with van der Waals surface area (Å²) in [5, 5.41) is 1.58. The zero-order chi connectivity index (χ0) is 15.1. The van der Waals surface area contributed by atoms with Crippen LogP contribution < -0.4 is 0 Å². The third-order valence-corrected chi connectivity index (χ3v) is 8.07. The summed E-state index contributed by atoms with van der Waals surface area (Å²) in [6, 6.07) is 0. The van der Waals surface area contributed by atoms with Crippen molar-refractivity contribution in [1.29, 1.82) is 0 Å². The monoisotopic (exact) mass is 343 g/mol. The van der Waals surface area contributed by atoms with Crippen molar-refractivity contribution in [3.63, 3.8) is 0 Å². The van der Waals surface area contributed by atoms with Crippen molar-refractivity contribution >= 4 is 13.3 Å². The van der Waals surface area contributed by atoms with Crippen molar-refractivity contribution in [3.8, 4) is 0 Å². The van der Waals surface area contributed by atoms with Gasteiger partial charge in [-0.25, -0.2) is 0 Å². The molecule has 0 aromatic heterocycles. The first-order valence-corrected chi connectivity index (χ1v) is 17.1. The van der Waals surface area contributed by atoms with Crippen molar-refractivity contribution in [2.24, 2.45) is 0 Å². The van der Waals surface area contributed by atoms with Crippen LogP contribution in [0.1, 0.15) is 89.9 Å². The summed E-state index contributed by atoms with van der Waals surface area (Å²) < 4.78 is 0. The van der Waals surface area contributed by atoms with E-state index in [9.17, 15) is 0 Å². The van der Waals surface area contributed by atoms with Crippen LogP contribution in [0.2, 0.25) is 22.5 Å². The molecular weight excluding hydrogens is 301 g/mol. The van der Waals surface area contributed by atoms with Gasteiger partial charge in [-0.15, -0.1) is 0 Å². The van der Waals surface area contributed by atoms with E-state index in [0.717, 1.165) is 6.42 Å². The molecule has 121 valence electrons. The van der Waals surface area contributed by atoms with E-state index >= 15 is 0 Å². The summed E-state index contributed by atoms with van der Waals surface area (Å²) in [4.78, 5) is 0. The summed E-state index contributed by atoms with van der Waals surface area (Å²) in [5.74, 6) is 7.62. The second-order valence-corrected chi connectivity index (χ2v) is 19.6. The minimum atomic E-state index is -1.22. The molecule has 0 aliphatic heterocycles. The van der Waals surface area contributed by atoms with Crippen LogP contribution in [-0.2, 0) is 0 Å². The van der Waals surface area contributed by atoms with Gasteiger partial charge in [0.05, 0.1) is 0 Å². The molecule has 0 aromatic rings. The van der Waals surface area contributed by atoms with Crippen LogP contribution in [-0.4, -0.2) is 13.3 Å². The molecule has 0 fully saturated rings. The molecule has 0 atom stereocenters. The van der Waals surface area contributed by atoms with Crippen LogP contribution in [0.3, 0.4) is 0 Å². The first-order valence-electron chi connectivity index (χ1n) is 9.35. The van der Waals surface area contributed by atoms with Gasteiger partial charge < -0.3 is 0 Å². The summed E-state index contributed by atoms with van der Waals surface area (Å²) >= 11 is -1.22. The fourth-order valence-electron chi connectivity index (χ4n) is 2.78. The van der Waals surface area contributed by atoms with Gasteiger partial charge in [0.2, 0.25) is 0 Å². The molecule has 0 spiro atoms. The third-order valence-electron chi connectivity index (χ3n) is 4.18. The Labute approximate surface area is 132 Å². The second-order valence-electron chi connectivity index (χ2n) is 7.76. The molecule has 0 heterocycles. The SMILES string of the molecule is [CH2]CCCCCCCCCCCCCC[CH2][Ge]([CH3])([CH3])[CH3].